The van der Waals surface area contributed by atoms with E-state index in [1.807, 2.05) is 0 Å². The minimum atomic E-state index is -0.313. The molecule has 2 aliphatic rings. The molecule has 0 spiro atoms. The highest BCUT2D eigenvalue weighted by atomic mass is 16.2. The molecule has 0 N–H and O–H groups in total. The fourth-order valence-corrected chi connectivity index (χ4v) is 2.38. The zero-order chi connectivity index (χ0) is 13.6. The van der Waals surface area contributed by atoms with Crippen LogP contribution in [0.3, 0.4) is 0 Å². The lowest BCUT2D eigenvalue weighted by Gasteiger charge is -2.23. The Kier molecular flexibility index (Phi) is 2.73. The van der Waals surface area contributed by atoms with Crippen molar-refractivity contribution in [2.45, 2.75) is 25.7 Å². The summed E-state index contributed by atoms with van der Waals surface area (Å²) in [5.74, 6) is 0.114. The Bertz CT molecular complexity index is 587. The van der Waals surface area contributed by atoms with Crippen LogP contribution >= 0.6 is 0 Å². The van der Waals surface area contributed by atoms with Gasteiger partial charge in [0.15, 0.2) is 5.78 Å². The first kappa shape index (κ1) is 12.1. The normalized spacial score (nSPS) is 18.5. The molecule has 1 aromatic carbocycles. The molecule has 1 heterocycles. The van der Waals surface area contributed by atoms with Crippen molar-refractivity contribution < 1.29 is 14.4 Å². The summed E-state index contributed by atoms with van der Waals surface area (Å²) < 4.78 is 0. The number of nitrogens with zero attached hydrogens (tertiary/aromatic N) is 1. The zero-order valence-electron chi connectivity index (χ0n) is 10.8. The second-order valence-corrected chi connectivity index (χ2v) is 5.38. The first-order valence-electron chi connectivity index (χ1n) is 6.53. The van der Waals surface area contributed by atoms with Crippen molar-refractivity contribution in [3.8, 4) is 0 Å². The van der Waals surface area contributed by atoms with Crippen molar-refractivity contribution in [3.63, 3.8) is 0 Å². The van der Waals surface area contributed by atoms with Crippen LogP contribution in [-0.2, 0) is 11.2 Å². The number of carbonyl (C=O) groups excluding carboxylic acids is 3. The lowest BCUT2D eigenvalue weighted by molar-refractivity contribution is -0.127. The molecule has 0 aromatic heterocycles. The van der Waals surface area contributed by atoms with Gasteiger partial charge in [0.1, 0.15) is 0 Å². The number of rotatable bonds is 3. The van der Waals surface area contributed by atoms with Gasteiger partial charge in [0.2, 0.25) is 5.91 Å². The number of benzene rings is 1. The highest BCUT2D eigenvalue weighted by Gasteiger charge is 2.29. The monoisotopic (exact) mass is 257 g/mol. The van der Waals surface area contributed by atoms with Crippen LogP contribution in [0.4, 0.5) is 0 Å². The number of fused-ring (bicyclic) bond motifs is 1. The van der Waals surface area contributed by atoms with Crippen LogP contribution in [-0.4, -0.2) is 29.5 Å². The van der Waals surface area contributed by atoms with E-state index in [1.165, 1.54) is 7.05 Å². The number of likely N-dealkylation sites (N-methyl/N-ethyl adjacent to an activating group) is 1. The van der Waals surface area contributed by atoms with Gasteiger partial charge in [-0.15, -0.1) is 0 Å². The number of amides is 2. The number of hydrogen-bond donors (Lipinski definition) is 0. The molecule has 1 aliphatic heterocycles. The maximum atomic E-state index is 12.0. The molecular weight excluding hydrogens is 242 g/mol. The SMILES string of the molecule is CN1C(=O)Cc2ccc(C(=O)CC3CC3)cc2C1=O. The van der Waals surface area contributed by atoms with E-state index in [2.05, 4.69) is 0 Å². The Labute approximate surface area is 111 Å². The Morgan fingerprint density at radius 3 is 2.74 bits per heavy atom. The van der Waals surface area contributed by atoms with E-state index < -0.39 is 0 Å². The predicted molar refractivity (Wildman–Crippen MR) is 68.9 cm³/mol. The maximum Gasteiger partial charge on any atom is 0.260 e. The number of hydrogen-bond acceptors (Lipinski definition) is 3. The molecule has 1 aromatic rings. The van der Waals surface area contributed by atoms with Crippen molar-refractivity contribution >= 4 is 17.6 Å². The fourth-order valence-electron chi connectivity index (χ4n) is 2.38. The quantitative estimate of drug-likeness (QED) is 0.613. The summed E-state index contributed by atoms with van der Waals surface area (Å²) in [5, 5.41) is 0. The van der Waals surface area contributed by atoms with Crippen LogP contribution in [0.25, 0.3) is 0 Å². The van der Waals surface area contributed by atoms with Gasteiger partial charge in [-0.25, -0.2) is 0 Å². The number of ketones is 1. The van der Waals surface area contributed by atoms with Gasteiger partial charge in [0, 0.05) is 24.6 Å². The van der Waals surface area contributed by atoms with Gasteiger partial charge in [0.25, 0.3) is 5.91 Å². The Balaban J connectivity index is 1.92. The molecule has 0 radical (unpaired) electrons. The molecule has 4 heteroatoms. The Morgan fingerprint density at radius 2 is 2.05 bits per heavy atom. The molecule has 0 bridgehead atoms. The van der Waals surface area contributed by atoms with Gasteiger partial charge in [-0.1, -0.05) is 12.1 Å². The highest BCUT2D eigenvalue weighted by Crippen LogP contribution is 2.33. The number of imide groups is 1. The lowest BCUT2D eigenvalue weighted by atomic mass is 9.94. The third-order valence-corrected chi connectivity index (χ3v) is 3.85. The smallest absolute Gasteiger partial charge is 0.260 e. The van der Waals surface area contributed by atoms with Crippen molar-refractivity contribution in [1.82, 2.24) is 4.90 Å². The molecule has 2 amide bonds. The van der Waals surface area contributed by atoms with E-state index in [9.17, 15) is 14.4 Å². The second kappa shape index (κ2) is 4.30. The first-order chi connectivity index (χ1) is 9.06. The summed E-state index contributed by atoms with van der Waals surface area (Å²) in [6.07, 6.45) is 3.07. The van der Waals surface area contributed by atoms with Crippen LogP contribution in [0.5, 0.6) is 0 Å². The van der Waals surface area contributed by atoms with E-state index in [0.29, 0.717) is 23.5 Å². The summed E-state index contributed by atoms with van der Waals surface area (Å²) in [7, 11) is 1.48. The largest absolute Gasteiger partial charge is 0.294 e. The standard InChI is InChI=1S/C15H15NO3/c1-16-14(18)8-10-4-5-11(7-12(10)15(16)19)13(17)6-9-2-3-9/h4-5,7,9H,2-3,6,8H2,1H3. The minimum absolute atomic E-state index is 0.0950. The molecule has 0 atom stereocenters. The van der Waals surface area contributed by atoms with Crippen molar-refractivity contribution in [2.75, 3.05) is 7.05 Å². The first-order valence-corrected chi connectivity index (χ1v) is 6.53. The Hall–Kier alpha value is -1.97. The van der Waals surface area contributed by atoms with Crippen LogP contribution < -0.4 is 0 Å². The highest BCUT2D eigenvalue weighted by molar-refractivity contribution is 6.10. The van der Waals surface area contributed by atoms with Crippen LogP contribution in [0, 0.1) is 5.92 Å². The Morgan fingerprint density at radius 1 is 1.32 bits per heavy atom. The average Bonchev–Trinajstić information content (AvgIpc) is 3.19. The molecule has 3 rings (SSSR count). The van der Waals surface area contributed by atoms with Gasteiger partial charge in [0.05, 0.1) is 6.42 Å². The van der Waals surface area contributed by atoms with Gasteiger partial charge >= 0.3 is 0 Å². The molecule has 98 valence electrons. The van der Waals surface area contributed by atoms with E-state index in [0.717, 1.165) is 23.3 Å². The second-order valence-electron chi connectivity index (χ2n) is 5.38. The van der Waals surface area contributed by atoms with Crippen molar-refractivity contribution in [1.29, 1.82) is 0 Å². The predicted octanol–water partition coefficient (Wildman–Crippen LogP) is 1.82. The average molecular weight is 257 g/mol. The summed E-state index contributed by atoms with van der Waals surface area (Å²) in [6, 6.07) is 5.11. The summed E-state index contributed by atoms with van der Waals surface area (Å²) in [4.78, 5) is 36.8. The minimum Gasteiger partial charge on any atom is -0.294 e. The fraction of sp³-hybridized carbons (Fsp3) is 0.400. The van der Waals surface area contributed by atoms with Gasteiger partial charge < -0.3 is 0 Å². The zero-order valence-corrected chi connectivity index (χ0v) is 10.8. The van der Waals surface area contributed by atoms with Crippen LogP contribution in [0.1, 0.15) is 45.5 Å². The van der Waals surface area contributed by atoms with Gasteiger partial charge in [-0.05, 0) is 30.4 Å². The lowest BCUT2D eigenvalue weighted by Crippen LogP contribution is -2.39. The summed E-state index contributed by atoms with van der Waals surface area (Å²) in [6.45, 7) is 0. The van der Waals surface area contributed by atoms with Crippen molar-refractivity contribution in [3.05, 3.63) is 34.9 Å². The van der Waals surface area contributed by atoms with E-state index in [1.54, 1.807) is 18.2 Å². The molecule has 0 saturated heterocycles. The van der Waals surface area contributed by atoms with E-state index in [4.69, 9.17) is 0 Å². The molecule has 1 saturated carbocycles. The number of Topliss-reactive ketones (excluding diaryl/α,β-unsaturated/α-hetero) is 1. The van der Waals surface area contributed by atoms with Crippen molar-refractivity contribution in [2.24, 2.45) is 5.92 Å². The van der Waals surface area contributed by atoms with Gasteiger partial charge in [-0.3, -0.25) is 19.3 Å². The maximum absolute atomic E-state index is 12.0. The van der Waals surface area contributed by atoms with Crippen LogP contribution in [0.15, 0.2) is 18.2 Å². The molecule has 1 fully saturated rings. The third-order valence-electron chi connectivity index (χ3n) is 3.85. The van der Waals surface area contributed by atoms with Gasteiger partial charge in [-0.2, -0.15) is 0 Å². The third kappa shape index (κ3) is 2.18. The molecule has 19 heavy (non-hydrogen) atoms. The molecule has 0 unspecified atom stereocenters. The summed E-state index contributed by atoms with van der Waals surface area (Å²) >= 11 is 0. The van der Waals surface area contributed by atoms with E-state index >= 15 is 0 Å². The molecular formula is C15H15NO3. The topological polar surface area (TPSA) is 54.5 Å². The van der Waals surface area contributed by atoms with E-state index in [-0.39, 0.29) is 24.0 Å². The van der Waals surface area contributed by atoms with Crippen LogP contribution in [0.2, 0.25) is 0 Å². The summed E-state index contributed by atoms with van der Waals surface area (Å²) in [5.41, 5.74) is 1.79. The molecule has 4 nitrogen and oxygen atoms in total. The molecule has 1 aliphatic carbocycles. The number of carbonyl (C=O) groups is 3.